The Balaban J connectivity index is 2.51. The van der Waals surface area contributed by atoms with Crippen LogP contribution in [0.1, 0.15) is 22.9 Å². The minimum absolute atomic E-state index is 0.0895. The summed E-state index contributed by atoms with van der Waals surface area (Å²) in [5.74, 6) is 0. The summed E-state index contributed by atoms with van der Waals surface area (Å²) in [5.41, 5.74) is -1.18. The summed E-state index contributed by atoms with van der Waals surface area (Å²) in [7, 11) is 0. The van der Waals surface area contributed by atoms with Gasteiger partial charge < -0.3 is 5.11 Å². The molecule has 0 aliphatic rings. The van der Waals surface area contributed by atoms with Crippen molar-refractivity contribution in [1.29, 1.82) is 0 Å². The highest BCUT2D eigenvalue weighted by Crippen LogP contribution is 2.37. The highest BCUT2D eigenvalue weighted by molar-refractivity contribution is 9.11. The van der Waals surface area contributed by atoms with Crippen LogP contribution in [0.3, 0.4) is 0 Å². The second kappa shape index (κ2) is 5.79. The first kappa shape index (κ1) is 15.4. The van der Waals surface area contributed by atoms with Crippen LogP contribution < -0.4 is 0 Å². The van der Waals surface area contributed by atoms with Gasteiger partial charge >= 0.3 is 6.18 Å². The number of pyridine rings is 2. The lowest BCUT2D eigenvalue weighted by molar-refractivity contribution is -0.139. The van der Waals surface area contributed by atoms with Crippen LogP contribution in [0, 0.1) is 0 Å². The van der Waals surface area contributed by atoms with Gasteiger partial charge in [-0.2, -0.15) is 13.2 Å². The summed E-state index contributed by atoms with van der Waals surface area (Å²) >= 11 is 6.35. The van der Waals surface area contributed by atoms with E-state index in [1.165, 1.54) is 6.20 Å². The van der Waals surface area contributed by atoms with E-state index in [1.54, 1.807) is 6.07 Å². The third-order valence-corrected chi connectivity index (χ3v) is 3.62. The molecular weight excluding hydrogens is 405 g/mol. The first-order valence-electron chi connectivity index (χ1n) is 5.31. The molecule has 2 rings (SSSR count). The molecule has 1 unspecified atom stereocenters. The van der Waals surface area contributed by atoms with E-state index in [-0.39, 0.29) is 11.3 Å². The Morgan fingerprint density at radius 2 is 1.90 bits per heavy atom. The number of aromatic nitrogens is 2. The number of nitrogens with zero attached hydrogens (tertiary/aromatic N) is 2. The SMILES string of the molecule is OC(c1cnccc1C(F)(F)F)c1ncc(Br)cc1Br. The molecule has 106 valence electrons. The predicted molar refractivity (Wildman–Crippen MR) is 72.9 cm³/mol. The van der Waals surface area contributed by atoms with Gasteiger partial charge in [-0.3, -0.25) is 9.97 Å². The number of hydrogen-bond donors (Lipinski definition) is 1. The third-order valence-electron chi connectivity index (χ3n) is 2.55. The minimum atomic E-state index is -4.57. The molecule has 1 N–H and O–H groups in total. The number of aliphatic hydroxyl groups is 1. The predicted octanol–water partition coefficient (Wildman–Crippen LogP) is 4.10. The van der Waals surface area contributed by atoms with Crippen LogP contribution in [-0.2, 0) is 6.18 Å². The van der Waals surface area contributed by atoms with Gasteiger partial charge in [0.2, 0.25) is 0 Å². The number of halogens is 5. The minimum Gasteiger partial charge on any atom is -0.382 e. The molecule has 2 aromatic heterocycles. The molecule has 20 heavy (non-hydrogen) atoms. The summed E-state index contributed by atoms with van der Waals surface area (Å²) in [6, 6.07) is 2.42. The summed E-state index contributed by atoms with van der Waals surface area (Å²) < 4.78 is 39.8. The Bertz CT molecular complexity index is 634. The third kappa shape index (κ3) is 3.18. The molecule has 0 amide bonds. The Kier molecular flexibility index (Phi) is 4.46. The maximum absolute atomic E-state index is 12.9. The van der Waals surface area contributed by atoms with Crippen molar-refractivity contribution in [1.82, 2.24) is 9.97 Å². The van der Waals surface area contributed by atoms with E-state index in [4.69, 9.17) is 0 Å². The van der Waals surface area contributed by atoms with Gasteiger partial charge in [0, 0.05) is 33.1 Å². The van der Waals surface area contributed by atoms with E-state index >= 15 is 0 Å². The van der Waals surface area contributed by atoms with Crippen LogP contribution in [0.15, 0.2) is 39.7 Å². The molecule has 0 aliphatic carbocycles. The largest absolute Gasteiger partial charge is 0.416 e. The first-order valence-corrected chi connectivity index (χ1v) is 6.89. The molecule has 0 saturated heterocycles. The van der Waals surface area contributed by atoms with Crippen molar-refractivity contribution in [2.75, 3.05) is 0 Å². The zero-order valence-electron chi connectivity index (χ0n) is 9.70. The van der Waals surface area contributed by atoms with Gasteiger partial charge in [-0.1, -0.05) is 0 Å². The van der Waals surface area contributed by atoms with Crippen molar-refractivity contribution < 1.29 is 18.3 Å². The van der Waals surface area contributed by atoms with Gasteiger partial charge in [-0.15, -0.1) is 0 Å². The maximum Gasteiger partial charge on any atom is 0.416 e. The van der Waals surface area contributed by atoms with Crippen LogP contribution in [0.25, 0.3) is 0 Å². The number of alkyl halides is 3. The van der Waals surface area contributed by atoms with Crippen molar-refractivity contribution in [3.63, 3.8) is 0 Å². The molecule has 0 fully saturated rings. The molecule has 3 nitrogen and oxygen atoms in total. The molecule has 0 radical (unpaired) electrons. The molecule has 0 spiro atoms. The number of hydrogen-bond acceptors (Lipinski definition) is 3. The standard InChI is InChI=1S/C12H7Br2F3N2O/c13-6-3-9(14)10(19-4-6)11(20)7-5-18-2-1-8(7)12(15,16)17/h1-5,11,20H. The Morgan fingerprint density at radius 3 is 2.50 bits per heavy atom. The van der Waals surface area contributed by atoms with E-state index in [2.05, 4.69) is 41.8 Å². The average molecular weight is 412 g/mol. The first-order chi connectivity index (χ1) is 9.30. The van der Waals surface area contributed by atoms with Crippen molar-refractivity contribution in [2.45, 2.75) is 12.3 Å². The van der Waals surface area contributed by atoms with Crippen molar-refractivity contribution in [3.05, 3.63) is 56.5 Å². The fourth-order valence-corrected chi connectivity index (χ4v) is 2.86. The smallest absolute Gasteiger partial charge is 0.382 e. The molecule has 0 aromatic carbocycles. The molecule has 1 atom stereocenters. The van der Waals surface area contributed by atoms with Gasteiger partial charge in [0.25, 0.3) is 0 Å². The van der Waals surface area contributed by atoms with E-state index in [1.807, 2.05) is 0 Å². The van der Waals surface area contributed by atoms with E-state index in [9.17, 15) is 18.3 Å². The average Bonchev–Trinajstić information content (AvgIpc) is 2.37. The Hall–Kier alpha value is -0.990. The molecule has 2 aromatic rings. The van der Waals surface area contributed by atoms with Crippen LogP contribution in [-0.4, -0.2) is 15.1 Å². The zero-order valence-corrected chi connectivity index (χ0v) is 12.9. The Labute approximate surface area is 129 Å². The van der Waals surface area contributed by atoms with Crippen LogP contribution in [0.5, 0.6) is 0 Å². The molecule has 2 heterocycles. The van der Waals surface area contributed by atoms with Crippen LogP contribution in [0.2, 0.25) is 0 Å². The monoisotopic (exact) mass is 410 g/mol. The van der Waals surface area contributed by atoms with E-state index in [0.717, 1.165) is 18.5 Å². The molecule has 8 heteroatoms. The molecule has 0 saturated carbocycles. The van der Waals surface area contributed by atoms with Crippen molar-refractivity contribution in [3.8, 4) is 0 Å². The fourth-order valence-electron chi connectivity index (χ4n) is 1.66. The number of rotatable bonds is 2. The normalized spacial score (nSPS) is 13.3. The Morgan fingerprint density at radius 1 is 1.20 bits per heavy atom. The lowest BCUT2D eigenvalue weighted by atomic mass is 10.0. The van der Waals surface area contributed by atoms with Crippen molar-refractivity contribution >= 4 is 31.9 Å². The fraction of sp³-hybridized carbons (Fsp3) is 0.167. The molecular formula is C12H7Br2F3N2O. The maximum atomic E-state index is 12.9. The van der Waals surface area contributed by atoms with Gasteiger partial charge in [-0.25, -0.2) is 0 Å². The summed E-state index contributed by atoms with van der Waals surface area (Å²) in [6.07, 6.45) is -2.68. The second-order valence-electron chi connectivity index (χ2n) is 3.88. The van der Waals surface area contributed by atoms with Gasteiger partial charge in [0.15, 0.2) is 0 Å². The highest BCUT2D eigenvalue weighted by atomic mass is 79.9. The lowest BCUT2D eigenvalue weighted by Crippen LogP contribution is -2.14. The van der Waals surface area contributed by atoms with Crippen LogP contribution >= 0.6 is 31.9 Å². The van der Waals surface area contributed by atoms with Gasteiger partial charge in [-0.05, 0) is 44.0 Å². The van der Waals surface area contributed by atoms with Gasteiger partial charge in [0.1, 0.15) is 6.10 Å². The van der Waals surface area contributed by atoms with E-state index < -0.39 is 17.8 Å². The quantitative estimate of drug-likeness (QED) is 0.809. The van der Waals surface area contributed by atoms with Crippen molar-refractivity contribution in [2.24, 2.45) is 0 Å². The zero-order chi connectivity index (χ0) is 14.9. The number of aliphatic hydroxyl groups excluding tert-OH is 1. The lowest BCUT2D eigenvalue weighted by Gasteiger charge is -2.17. The molecule has 0 aliphatic heterocycles. The highest BCUT2D eigenvalue weighted by Gasteiger charge is 2.35. The molecule has 0 bridgehead atoms. The van der Waals surface area contributed by atoms with Crippen LogP contribution in [0.4, 0.5) is 13.2 Å². The topological polar surface area (TPSA) is 46.0 Å². The van der Waals surface area contributed by atoms with Gasteiger partial charge in [0.05, 0.1) is 11.3 Å². The van der Waals surface area contributed by atoms with E-state index in [0.29, 0.717) is 8.95 Å². The summed E-state index contributed by atoms with van der Waals surface area (Å²) in [6.45, 7) is 0. The summed E-state index contributed by atoms with van der Waals surface area (Å²) in [5, 5.41) is 10.2. The summed E-state index contributed by atoms with van der Waals surface area (Å²) in [4.78, 5) is 7.58. The second-order valence-corrected chi connectivity index (χ2v) is 5.65.